The van der Waals surface area contributed by atoms with Crippen LogP contribution in [0.2, 0.25) is 0 Å². The van der Waals surface area contributed by atoms with Crippen molar-refractivity contribution in [2.75, 3.05) is 38.0 Å². The zero-order valence-electron chi connectivity index (χ0n) is 9.03. The third kappa shape index (κ3) is 8.15. The summed E-state index contributed by atoms with van der Waals surface area (Å²) in [5, 5.41) is 0.523. The van der Waals surface area contributed by atoms with Crippen molar-refractivity contribution in [2.45, 2.75) is 13.0 Å². The van der Waals surface area contributed by atoms with Gasteiger partial charge in [0.1, 0.15) is 0 Å². The summed E-state index contributed by atoms with van der Waals surface area (Å²) in [6.45, 7) is 2.91. The Morgan fingerprint density at radius 3 is 2.60 bits per heavy atom. The minimum absolute atomic E-state index is 0.0198. The number of alkyl halides is 1. The molecule has 0 aromatic rings. The van der Waals surface area contributed by atoms with Crippen LogP contribution >= 0.6 is 15.9 Å². The van der Waals surface area contributed by atoms with Gasteiger partial charge in [0.05, 0.1) is 25.0 Å². The second kappa shape index (κ2) is 8.46. The molecule has 7 heteroatoms. The predicted molar refractivity (Wildman–Crippen MR) is 62.9 cm³/mol. The molecular formula is C8H18BrNO4S. The van der Waals surface area contributed by atoms with Gasteiger partial charge < -0.3 is 9.47 Å². The van der Waals surface area contributed by atoms with Crippen molar-refractivity contribution in [1.82, 2.24) is 4.72 Å². The largest absolute Gasteiger partial charge is 0.383 e. The number of ether oxygens (including phenoxy) is 2. The Hall–Kier alpha value is 0.310. The quantitative estimate of drug-likeness (QED) is 0.493. The molecule has 0 aromatic carbocycles. The van der Waals surface area contributed by atoms with Gasteiger partial charge in [0.2, 0.25) is 10.0 Å². The second-order valence-corrected chi connectivity index (χ2v) is 5.46. The third-order valence-electron chi connectivity index (χ3n) is 1.60. The Morgan fingerprint density at radius 1 is 1.47 bits per heavy atom. The van der Waals surface area contributed by atoms with Crippen LogP contribution in [0, 0.1) is 0 Å². The second-order valence-electron chi connectivity index (χ2n) is 2.94. The van der Waals surface area contributed by atoms with E-state index in [1.165, 1.54) is 7.11 Å². The Kier molecular flexibility index (Phi) is 8.64. The lowest BCUT2D eigenvalue weighted by Crippen LogP contribution is -2.41. The molecule has 0 amide bonds. The molecule has 0 rings (SSSR count). The average Bonchev–Trinajstić information content (AvgIpc) is 2.17. The molecule has 0 saturated carbocycles. The molecule has 0 heterocycles. The van der Waals surface area contributed by atoms with E-state index in [1.54, 1.807) is 0 Å². The van der Waals surface area contributed by atoms with Gasteiger partial charge in [-0.15, -0.1) is 0 Å². The zero-order chi connectivity index (χ0) is 11.7. The first-order chi connectivity index (χ1) is 7.05. The Balaban J connectivity index is 3.99. The summed E-state index contributed by atoms with van der Waals surface area (Å²) in [7, 11) is -1.74. The molecule has 0 aliphatic carbocycles. The first kappa shape index (κ1) is 15.3. The molecule has 0 bridgehead atoms. The van der Waals surface area contributed by atoms with E-state index in [9.17, 15) is 8.42 Å². The molecule has 0 saturated heterocycles. The number of methoxy groups -OCH3 is 1. The summed E-state index contributed by atoms with van der Waals surface area (Å²) in [6.07, 6.45) is 0. The van der Waals surface area contributed by atoms with E-state index in [2.05, 4.69) is 20.7 Å². The van der Waals surface area contributed by atoms with Crippen molar-refractivity contribution < 1.29 is 17.9 Å². The molecule has 1 N–H and O–H groups in total. The maximum absolute atomic E-state index is 11.5. The van der Waals surface area contributed by atoms with Crippen molar-refractivity contribution in [3.8, 4) is 0 Å². The maximum Gasteiger partial charge on any atom is 0.214 e. The standard InChI is InChI=1S/C8H18BrNO4S/c1-3-14-4-5-15(11,12)10-8(6-9)7-13-2/h8,10H,3-7H2,1-2H3. The van der Waals surface area contributed by atoms with Crippen molar-refractivity contribution in [1.29, 1.82) is 0 Å². The summed E-state index contributed by atoms with van der Waals surface area (Å²) in [5.74, 6) is -0.0198. The molecule has 1 unspecified atom stereocenters. The molecule has 0 radical (unpaired) electrons. The molecule has 0 aliphatic heterocycles. The minimum atomic E-state index is -3.27. The Morgan fingerprint density at radius 2 is 2.13 bits per heavy atom. The van der Waals surface area contributed by atoms with Gasteiger partial charge in [0.15, 0.2) is 0 Å². The van der Waals surface area contributed by atoms with E-state index in [0.29, 0.717) is 18.5 Å². The summed E-state index contributed by atoms with van der Waals surface area (Å²) >= 11 is 3.21. The van der Waals surface area contributed by atoms with Crippen molar-refractivity contribution in [2.24, 2.45) is 0 Å². The van der Waals surface area contributed by atoms with Gasteiger partial charge >= 0.3 is 0 Å². The van der Waals surface area contributed by atoms with Crippen LogP contribution in [-0.2, 0) is 19.5 Å². The van der Waals surface area contributed by atoms with Crippen LogP contribution in [0.15, 0.2) is 0 Å². The van der Waals surface area contributed by atoms with Gasteiger partial charge in [-0.05, 0) is 6.92 Å². The highest BCUT2D eigenvalue weighted by atomic mass is 79.9. The third-order valence-corrected chi connectivity index (χ3v) is 3.78. The van der Waals surface area contributed by atoms with Crippen molar-refractivity contribution in [3.05, 3.63) is 0 Å². The smallest absolute Gasteiger partial charge is 0.214 e. The highest BCUT2D eigenvalue weighted by molar-refractivity contribution is 9.09. The van der Waals surface area contributed by atoms with Gasteiger partial charge in [-0.2, -0.15) is 0 Å². The number of rotatable bonds is 9. The van der Waals surface area contributed by atoms with Gasteiger partial charge in [-0.3, -0.25) is 0 Å². The molecule has 1 atom stereocenters. The van der Waals surface area contributed by atoms with E-state index in [0.717, 1.165) is 0 Å². The molecule has 0 aromatic heterocycles. The van der Waals surface area contributed by atoms with Crippen LogP contribution < -0.4 is 4.72 Å². The van der Waals surface area contributed by atoms with Crippen LogP contribution in [0.25, 0.3) is 0 Å². The molecule has 0 aliphatic rings. The molecule has 0 spiro atoms. The Bertz CT molecular complexity index is 245. The Labute approximate surface area is 99.7 Å². The summed E-state index contributed by atoms with van der Waals surface area (Å²) in [5.41, 5.74) is 0. The highest BCUT2D eigenvalue weighted by Gasteiger charge is 2.16. The molecule has 92 valence electrons. The van der Waals surface area contributed by atoms with Crippen molar-refractivity contribution >= 4 is 26.0 Å². The van der Waals surface area contributed by atoms with E-state index >= 15 is 0 Å². The lowest BCUT2D eigenvalue weighted by atomic mass is 10.4. The topological polar surface area (TPSA) is 64.6 Å². The fourth-order valence-electron chi connectivity index (χ4n) is 0.937. The average molecular weight is 304 g/mol. The van der Waals surface area contributed by atoms with Crippen LogP contribution in [0.3, 0.4) is 0 Å². The summed E-state index contributed by atoms with van der Waals surface area (Å²) in [6, 6.07) is -0.235. The molecule has 5 nitrogen and oxygen atoms in total. The fraction of sp³-hybridized carbons (Fsp3) is 1.00. The zero-order valence-corrected chi connectivity index (χ0v) is 11.4. The fourth-order valence-corrected chi connectivity index (χ4v) is 2.61. The predicted octanol–water partition coefficient (Wildman–Crippen LogP) is 0.352. The van der Waals surface area contributed by atoms with Crippen LogP contribution in [0.4, 0.5) is 0 Å². The first-order valence-electron chi connectivity index (χ1n) is 4.68. The monoisotopic (exact) mass is 303 g/mol. The highest BCUT2D eigenvalue weighted by Crippen LogP contribution is 1.96. The number of hydrogen-bond acceptors (Lipinski definition) is 4. The van der Waals surface area contributed by atoms with Gasteiger partial charge in [-0.25, -0.2) is 13.1 Å². The molecular weight excluding hydrogens is 286 g/mol. The maximum atomic E-state index is 11.5. The lowest BCUT2D eigenvalue weighted by Gasteiger charge is -2.15. The van der Waals surface area contributed by atoms with Crippen LogP contribution in [0.5, 0.6) is 0 Å². The number of halogens is 1. The molecule has 15 heavy (non-hydrogen) atoms. The van der Waals surface area contributed by atoms with Gasteiger partial charge in [0.25, 0.3) is 0 Å². The van der Waals surface area contributed by atoms with E-state index in [4.69, 9.17) is 9.47 Å². The summed E-state index contributed by atoms with van der Waals surface area (Å²) < 4.78 is 35.3. The van der Waals surface area contributed by atoms with E-state index in [-0.39, 0.29) is 18.4 Å². The number of nitrogens with one attached hydrogen (secondary N) is 1. The van der Waals surface area contributed by atoms with Crippen LogP contribution in [-0.4, -0.2) is 52.5 Å². The molecule has 0 fully saturated rings. The lowest BCUT2D eigenvalue weighted by molar-refractivity contribution is 0.162. The van der Waals surface area contributed by atoms with Crippen molar-refractivity contribution in [3.63, 3.8) is 0 Å². The van der Waals surface area contributed by atoms with Gasteiger partial charge in [-0.1, -0.05) is 15.9 Å². The number of sulfonamides is 1. The summed E-state index contributed by atoms with van der Waals surface area (Å²) in [4.78, 5) is 0. The van der Waals surface area contributed by atoms with E-state index in [1.807, 2.05) is 6.92 Å². The minimum Gasteiger partial charge on any atom is -0.383 e. The SMILES string of the molecule is CCOCCS(=O)(=O)NC(CBr)COC. The van der Waals surface area contributed by atoms with E-state index < -0.39 is 10.0 Å². The number of hydrogen-bond donors (Lipinski definition) is 1. The first-order valence-corrected chi connectivity index (χ1v) is 7.45. The normalized spacial score (nSPS) is 14.1. The van der Waals surface area contributed by atoms with Crippen LogP contribution in [0.1, 0.15) is 6.92 Å². The van der Waals surface area contributed by atoms with Gasteiger partial charge in [0, 0.05) is 19.0 Å².